The van der Waals surface area contributed by atoms with Gasteiger partial charge in [0.2, 0.25) is 11.6 Å². The fraction of sp³-hybridized carbons (Fsp3) is 0.444. The second kappa shape index (κ2) is 5.60. The third kappa shape index (κ3) is 2.14. The highest BCUT2D eigenvalue weighted by atomic mass is 16.5. The van der Waals surface area contributed by atoms with Crippen molar-refractivity contribution in [3.63, 3.8) is 0 Å². The molecule has 28 heavy (non-hydrogen) atoms. The predicted octanol–water partition coefficient (Wildman–Crippen LogP) is 0.871. The minimum Gasteiger partial charge on any atom is -0.454 e. The number of rotatable bonds is 2. The summed E-state index contributed by atoms with van der Waals surface area (Å²) in [4.78, 5) is 57.5. The molecule has 0 N–H and O–H groups in total. The Morgan fingerprint density at radius 1 is 0.821 bits per heavy atom. The summed E-state index contributed by atoms with van der Waals surface area (Å²) in [5.74, 6) is -0.857. The maximum Gasteiger partial charge on any atom is 0.303 e. The summed E-state index contributed by atoms with van der Waals surface area (Å²) in [7, 11) is 0. The van der Waals surface area contributed by atoms with E-state index in [0.717, 1.165) is 0 Å². The van der Waals surface area contributed by atoms with Crippen LogP contribution in [0, 0.1) is 0 Å². The summed E-state index contributed by atoms with van der Waals surface area (Å²) in [6.07, 6.45) is -0.138. The Balaban J connectivity index is 1.60. The molecule has 0 unspecified atom stereocenters. The van der Waals surface area contributed by atoms with Gasteiger partial charge < -0.3 is 18.6 Å². The van der Waals surface area contributed by atoms with Gasteiger partial charge >= 0.3 is 11.9 Å². The average Bonchev–Trinajstić information content (AvgIpc) is 3.34. The van der Waals surface area contributed by atoms with Crippen LogP contribution in [0.25, 0.3) is 0 Å². The smallest absolute Gasteiger partial charge is 0.303 e. The Morgan fingerprint density at radius 3 is 1.64 bits per heavy atom. The van der Waals surface area contributed by atoms with Gasteiger partial charge in [0.05, 0.1) is 0 Å². The van der Waals surface area contributed by atoms with Gasteiger partial charge in [-0.2, -0.15) is 0 Å². The second-order valence-corrected chi connectivity index (χ2v) is 7.07. The maximum absolute atomic E-state index is 13.3. The topological polar surface area (TPSA) is 122 Å². The maximum atomic E-state index is 13.3. The number of esters is 2. The lowest BCUT2D eigenvalue weighted by Crippen LogP contribution is -2.25. The van der Waals surface area contributed by atoms with E-state index in [0.29, 0.717) is 37.6 Å². The molecule has 3 aliphatic rings. The van der Waals surface area contributed by atoms with Crippen LogP contribution in [0.3, 0.4) is 0 Å². The third-order valence-corrected chi connectivity index (χ3v) is 5.28. The molecule has 0 bridgehead atoms. The van der Waals surface area contributed by atoms with Crippen LogP contribution in [0.15, 0.2) is 0 Å². The molecule has 0 spiro atoms. The molecule has 0 saturated heterocycles. The van der Waals surface area contributed by atoms with E-state index >= 15 is 0 Å². The van der Waals surface area contributed by atoms with Crippen molar-refractivity contribution in [2.45, 2.75) is 52.0 Å². The number of fused-ring (bicyclic) bond motifs is 6. The van der Waals surface area contributed by atoms with Gasteiger partial charge in [0.25, 0.3) is 0 Å². The normalized spacial score (nSPS) is 21.8. The Labute approximate surface area is 158 Å². The monoisotopic (exact) mass is 384 g/mol. The van der Waals surface area contributed by atoms with Crippen molar-refractivity contribution in [1.29, 1.82) is 0 Å². The van der Waals surface area contributed by atoms with Gasteiger partial charge in [0.15, 0.2) is 23.9 Å². The molecule has 2 aliphatic heterocycles. The highest BCUT2D eigenvalue weighted by molar-refractivity contribution is 6.26. The van der Waals surface area contributed by atoms with Crippen LogP contribution < -0.4 is 0 Å². The highest BCUT2D eigenvalue weighted by Gasteiger charge is 2.45. The van der Waals surface area contributed by atoms with E-state index in [9.17, 15) is 19.2 Å². The molecular formula is C18H16N4O6. The lowest BCUT2D eigenvalue weighted by molar-refractivity contribution is -0.147. The molecule has 144 valence electrons. The fourth-order valence-corrected chi connectivity index (χ4v) is 4.26. The minimum absolute atomic E-state index is 0.0326. The molecular weight excluding hydrogens is 368 g/mol. The summed E-state index contributed by atoms with van der Waals surface area (Å²) in [5, 5.41) is 0. The Bertz CT molecular complexity index is 1010. The first kappa shape index (κ1) is 16.8. The summed E-state index contributed by atoms with van der Waals surface area (Å²) >= 11 is 0. The highest BCUT2D eigenvalue weighted by Crippen LogP contribution is 2.39. The van der Waals surface area contributed by atoms with E-state index in [1.54, 1.807) is 9.13 Å². The SMILES string of the molecule is CC(=O)O[C@H]1CCn2c1nc1c2C(=O)c2c(nc3n2CC[C@H]3OC(C)=O)C1=O. The van der Waals surface area contributed by atoms with Gasteiger partial charge in [-0.15, -0.1) is 0 Å². The Kier molecular flexibility index (Phi) is 3.37. The molecule has 0 aromatic carbocycles. The molecule has 1 aliphatic carbocycles. The van der Waals surface area contributed by atoms with Crippen LogP contribution >= 0.6 is 0 Å². The van der Waals surface area contributed by atoms with Gasteiger partial charge in [-0.1, -0.05) is 0 Å². The zero-order valence-corrected chi connectivity index (χ0v) is 15.2. The van der Waals surface area contributed by atoms with Gasteiger partial charge in [0, 0.05) is 39.8 Å². The number of hydrogen-bond acceptors (Lipinski definition) is 8. The summed E-state index contributed by atoms with van der Waals surface area (Å²) in [5.41, 5.74) is 0.483. The molecule has 0 fully saturated rings. The van der Waals surface area contributed by atoms with Crippen molar-refractivity contribution in [3.05, 3.63) is 34.4 Å². The molecule has 2 atom stereocenters. The minimum atomic E-state index is -0.572. The first-order chi connectivity index (χ1) is 13.4. The second-order valence-electron chi connectivity index (χ2n) is 7.07. The predicted molar refractivity (Wildman–Crippen MR) is 89.6 cm³/mol. The van der Waals surface area contributed by atoms with Crippen LogP contribution in [0.2, 0.25) is 0 Å². The van der Waals surface area contributed by atoms with Crippen molar-refractivity contribution in [2.24, 2.45) is 0 Å². The number of ether oxygens (including phenoxy) is 2. The number of carbonyl (C=O) groups excluding carboxylic acids is 4. The van der Waals surface area contributed by atoms with Crippen molar-refractivity contribution in [1.82, 2.24) is 19.1 Å². The molecule has 10 heteroatoms. The first-order valence-corrected chi connectivity index (χ1v) is 9.01. The van der Waals surface area contributed by atoms with E-state index in [1.165, 1.54) is 13.8 Å². The van der Waals surface area contributed by atoms with Crippen LogP contribution in [0.4, 0.5) is 0 Å². The zero-order valence-electron chi connectivity index (χ0n) is 15.2. The van der Waals surface area contributed by atoms with Crippen molar-refractivity contribution < 1.29 is 28.7 Å². The molecule has 5 rings (SSSR count). The standard InChI is InChI=1S/C18H16N4O6/c1-7(23)27-9-3-5-21-13-11(19-17(9)21)15(25)12-14(16(13)26)22-6-4-10(18(22)20-12)28-8(2)24/h9-10H,3-6H2,1-2H3/t9-,10+. The lowest BCUT2D eigenvalue weighted by atomic mass is 9.98. The van der Waals surface area contributed by atoms with E-state index in [4.69, 9.17) is 9.47 Å². The summed E-state index contributed by atoms with van der Waals surface area (Å²) in [6.45, 7) is 3.48. The van der Waals surface area contributed by atoms with Gasteiger partial charge in [-0.05, 0) is 0 Å². The number of hydrogen-bond donors (Lipinski definition) is 0. The van der Waals surface area contributed by atoms with E-state index in [-0.39, 0.29) is 28.6 Å². The van der Waals surface area contributed by atoms with Gasteiger partial charge in [-0.25, -0.2) is 9.97 Å². The molecule has 0 saturated carbocycles. The summed E-state index contributed by atoms with van der Waals surface area (Å²) < 4.78 is 13.8. The molecule has 2 aromatic heterocycles. The third-order valence-electron chi connectivity index (χ3n) is 5.28. The Morgan fingerprint density at radius 2 is 1.25 bits per heavy atom. The molecule has 10 nitrogen and oxygen atoms in total. The fourth-order valence-electron chi connectivity index (χ4n) is 4.26. The average molecular weight is 384 g/mol. The molecule has 0 radical (unpaired) electrons. The summed E-state index contributed by atoms with van der Waals surface area (Å²) in [6, 6.07) is 0. The molecule has 2 aromatic rings. The van der Waals surface area contributed by atoms with E-state index < -0.39 is 29.9 Å². The van der Waals surface area contributed by atoms with Crippen molar-refractivity contribution in [2.75, 3.05) is 0 Å². The lowest BCUT2D eigenvalue weighted by Gasteiger charge is -2.13. The zero-order chi connectivity index (χ0) is 19.7. The van der Waals surface area contributed by atoms with Gasteiger partial charge in [0.1, 0.15) is 22.8 Å². The van der Waals surface area contributed by atoms with E-state index in [1.807, 2.05) is 0 Å². The van der Waals surface area contributed by atoms with Crippen LogP contribution in [0.1, 0.15) is 82.9 Å². The quantitative estimate of drug-likeness (QED) is 0.597. The number of nitrogens with zero attached hydrogens (tertiary/aromatic N) is 4. The van der Waals surface area contributed by atoms with Crippen molar-refractivity contribution in [3.8, 4) is 0 Å². The van der Waals surface area contributed by atoms with Crippen LogP contribution in [-0.2, 0) is 32.2 Å². The van der Waals surface area contributed by atoms with Crippen LogP contribution in [0.5, 0.6) is 0 Å². The number of aromatic nitrogens is 4. The van der Waals surface area contributed by atoms with Crippen molar-refractivity contribution >= 4 is 23.5 Å². The molecule has 4 heterocycles. The first-order valence-electron chi connectivity index (χ1n) is 9.01. The molecule has 0 amide bonds. The van der Waals surface area contributed by atoms with Crippen LogP contribution in [-0.4, -0.2) is 42.6 Å². The van der Waals surface area contributed by atoms with E-state index in [2.05, 4.69) is 9.97 Å². The number of carbonyl (C=O) groups is 4. The largest absolute Gasteiger partial charge is 0.454 e. The number of imidazole rings is 2. The van der Waals surface area contributed by atoms with Gasteiger partial charge in [-0.3, -0.25) is 19.2 Å². The Hall–Kier alpha value is -3.30. The number of ketones is 2.